The van der Waals surface area contributed by atoms with Gasteiger partial charge in [-0.25, -0.2) is 0 Å². The number of aliphatic carboxylic acids is 1. The first kappa shape index (κ1) is 17.4. The van der Waals surface area contributed by atoms with E-state index in [0.717, 1.165) is 11.8 Å². The van der Waals surface area contributed by atoms with Gasteiger partial charge in [-0.1, -0.05) is 30.3 Å². The van der Waals surface area contributed by atoms with Crippen molar-refractivity contribution in [3.05, 3.63) is 35.9 Å². The smallest absolute Gasteiger partial charge is 0.406 e. The number of carboxylic acids is 1. The molecular weight excluding hydrogens is 307 g/mol. The van der Waals surface area contributed by atoms with Crippen LogP contribution in [0.15, 0.2) is 30.3 Å². The summed E-state index contributed by atoms with van der Waals surface area (Å²) in [5.74, 6) is -2.47. The number of halogens is 3. The zero-order valence-corrected chi connectivity index (χ0v) is 11.8. The van der Waals surface area contributed by atoms with Crippen LogP contribution in [0.4, 0.5) is 13.2 Å². The molecule has 0 spiro atoms. The second-order valence-corrected chi connectivity index (χ2v) is 5.22. The molecule has 1 aromatic carbocycles. The van der Waals surface area contributed by atoms with E-state index in [0.29, 0.717) is 10.5 Å². The van der Waals surface area contributed by atoms with Crippen LogP contribution in [0.3, 0.4) is 0 Å². The van der Waals surface area contributed by atoms with Gasteiger partial charge < -0.3 is 10.0 Å². The van der Waals surface area contributed by atoms with Gasteiger partial charge in [0.05, 0.1) is 11.5 Å². The van der Waals surface area contributed by atoms with E-state index in [-0.39, 0.29) is 18.1 Å². The molecule has 0 heterocycles. The third-order valence-corrected chi connectivity index (χ3v) is 3.29. The van der Waals surface area contributed by atoms with Gasteiger partial charge in [-0.05, 0) is 5.56 Å². The summed E-state index contributed by atoms with van der Waals surface area (Å²) in [5.41, 5.74) is 0.582. The van der Waals surface area contributed by atoms with Crippen molar-refractivity contribution in [2.45, 2.75) is 12.7 Å². The Morgan fingerprint density at radius 1 is 1.14 bits per heavy atom. The van der Waals surface area contributed by atoms with Crippen LogP contribution in [0.1, 0.15) is 5.56 Å². The SMILES string of the molecule is O=C(O)CSCC(=O)N(Cc1ccccc1)CC(F)(F)F. The van der Waals surface area contributed by atoms with Crippen molar-refractivity contribution in [2.24, 2.45) is 0 Å². The normalized spacial score (nSPS) is 11.2. The summed E-state index contributed by atoms with van der Waals surface area (Å²) in [6.45, 7) is -1.51. The van der Waals surface area contributed by atoms with Crippen LogP contribution < -0.4 is 0 Å². The molecule has 1 aromatic rings. The van der Waals surface area contributed by atoms with E-state index in [9.17, 15) is 22.8 Å². The fraction of sp³-hybridized carbons (Fsp3) is 0.385. The molecule has 8 heteroatoms. The van der Waals surface area contributed by atoms with Crippen LogP contribution in [-0.2, 0) is 16.1 Å². The molecule has 4 nitrogen and oxygen atoms in total. The Kier molecular flexibility index (Phi) is 6.54. The van der Waals surface area contributed by atoms with E-state index in [1.807, 2.05) is 0 Å². The largest absolute Gasteiger partial charge is 0.481 e. The average Bonchev–Trinajstić information content (AvgIpc) is 2.37. The lowest BCUT2D eigenvalue weighted by Gasteiger charge is -2.24. The minimum Gasteiger partial charge on any atom is -0.481 e. The number of hydrogen-bond donors (Lipinski definition) is 1. The quantitative estimate of drug-likeness (QED) is 0.838. The first-order valence-electron chi connectivity index (χ1n) is 5.96. The maximum Gasteiger partial charge on any atom is 0.406 e. The topological polar surface area (TPSA) is 57.6 Å². The molecule has 1 rings (SSSR count). The van der Waals surface area contributed by atoms with Crippen molar-refractivity contribution in [3.63, 3.8) is 0 Å². The van der Waals surface area contributed by atoms with Gasteiger partial charge in [0, 0.05) is 6.54 Å². The average molecular weight is 321 g/mol. The van der Waals surface area contributed by atoms with E-state index >= 15 is 0 Å². The molecule has 116 valence electrons. The predicted octanol–water partition coefficient (Wildman–Crippen LogP) is 2.40. The molecule has 1 N–H and O–H groups in total. The molecule has 0 saturated heterocycles. The Morgan fingerprint density at radius 2 is 1.76 bits per heavy atom. The molecule has 0 atom stereocenters. The minimum atomic E-state index is -4.50. The molecule has 0 aliphatic heterocycles. The maximum atomic E-state index is 12.5. The van der Waals surface area contributed by atoms with Crippen molar-refractivity contribution in [3.8, 4) is 0 Å². The molecule has 0 saturated carbocycles. The van der Waals surface area contributed by atoms with Crippen molar-refractivity contribution in [2.75, 3.05) is 18.1 Å². The molecular formula is C13H14F3NO3S. The summed E-state index contributed by atoms with van der Waals surface area (Å²) in [6.07, 6.45) is -4.50. The van der Waals surface area contributed by atoms with Crippen LogP contribution >= 0.6 is 11.8 Å². The van der Waals surface area contributed by atoms with Crippen molar-refractivity contribution >= 4 is 23.6 Å². The number of carbonyl (C=O) groups excluding carboxylic acids is 1. The van der Waals surface area contributed by atoms with E-state index in [4.69, 9.17) is 5.11 Å². The number of amides is 1. The van der Waals surface area contributed by atoms with Crippen LogP contribution in [-0.4, -0.2) is 46.1 Å². The van der Waals surface area contributed by atoms with Gasteiger partial charge in [0.2, 0.25) is 5.91 Å². The van der Waals surface area contributed by atoms with Gasteiger partial charge in [-0.3, -0.25) is 9.59 Å². The number of rotatable bonds is 7. The summed E-state index contributed by atoms with van der Waals surface area (Å²) >= 11 is 0.776. The summed E-state index contributed by atoms with van der Waals surface area (Å²) in [7, 11) is 0. The molecule has 1 amide bonds. The standard InChI is InChI=1S/C13H14F3NO3S/c14-13(15,16)9-17(6-10-4-2-1-3-5-10)11(18)7-21-8-12(19)20/h1-5H,6-9H2,(H,19,20). The number of nitrogens with zero attached hydrogens (tertiary/aromatic N) is 1. The molecule has 0 fully saturated rings. The van der Waals surface area contributed by atoms with Crippen LogP contribution in [0.25, 0.3) is 0 Å². The molecule has 0 aliphatic carbocycles. The lowest BCUT2D eigenvalue weighted by atomic mass is 10.2. The zero-order chi connectivity index (χ0) is 15.9. The first-order valence-corrected chi connectivity index (χ1v) is 7.11. The Bertz CT molecular complexity index is 479. The number of alkyl halides is 3. The monoisotopic (exact) mass is 321 g/mol. The van der Waals surface area contributed by atoms with E-state index in [1.54, 1.807) is 30.3 Å². The van der Waals surface area contributed by atoms with Crippen LogP contribution in [0.5, 0.6) is 0 Å². The van der Waals surface area contributed by atoms with Crippen molar-refractivity contribution in [1.29, 1.82) is 0 Å². The van der Waals surface area contributed by atoms with Crippen molar-refractivity contribution in [1.82, 2.24) is 4.90 Å². The van der Waals surface area contributed by atoms with Gasteiger partial charge in [-0.2, -0.15) is 13.2 Å². The molecule has 0 aromatic heterocycles. The second-order valence-electron chi connectivity index (χ2n) is 4.24. The lowest BCUT2D eigenvalue weighted by Crippen LogP contribution is -2.39. The molecule has 21 heavy (non-hydrogen) atoms. The van der Waals surface area contributed by atoms with E-state index < -0.39 is 24.6 Å². The Balaban J connectivity index is 2.67. The number of benzene rings is 1. The highest BCUT2D eigenvalue weighted by Crippen LogP contribution is 2.19. The Labute approximate surface area is 123 Å². The van der Waals surface area contributed by atoms with Crippen molar-refractivity contribution < 1.29 is 27.9 Å². The highest BCUT2D eigenvalue weighted by Gasteiger charge is 2.32. The van der Waals surface area contributed by atoms with E-state index in [2.05, 4.69) is 0 Å². The van der Waals surface area contributed by atoms with Gasteiger partial charge in [0.1, 0.15) is 6.54 Å². The molecule has 0 radical (unpaired) electrons. The van der Waals surface area contributed by atoms with Gasteiger partial charge in [0.15, 0.2) is 0 Å². The molecule has 0 bridgehead atoms. The maximum absolute atomic E-state index is 12.5. The highest BCUT2D eigenvalue weighted by molar-refractivity contribution is 8.00. The summed E-state index contributed by atoms with van der Waals surface area (Å²) < 4.78 is 37.6. The fourth-order valence-corrected chi connectivity index (χ4v) is 2.20. The van der Waals surface area contributed by atoms with Crippen LogP contribution in [0, 0.1) is 0 Å². The first-order chi connectivity index (χ1) is 9.78. The van der Waals surface area contributed by atoms with Gasteiger partial charge in [0.25, 0.3) is 0 Å². The molecule has 0 aliphatic rings. The van der Waals surface area contributed by atoms with Gasteiger partial charge >= 0.3 is 12.1 Å². The Hall–Kier alpha value is -1.70. The number of thioether (sulfide) groups is 1. The number of hydrogen-bond acceptors (Lipinski definition) is 3. The highest BCUT2D eigenvalue weighted by atomic mass is 32.2. The Morgan fingerprint density at radius 3 is 2.29 bits per heavy atom. The minimum absolute atomic E-state index is 0.160. The summed E-state index contributed by atoms with van der Waals surface area (Å²) in [4.78, 5) is 22.8. The lowest BCUT2D eigenvalue weighted by molar-refractivity contribution is -0.160. The third-order valence-electron chi connectivity index (χ3n) is 2.39. The molecule has 0 unspecified atom stereocenters. The van der Waals surface area contributed by atoms with Crippen LogP contribution in [0.2, 0.25) is 0 Å². The van der Waals surface area contributed by atoms with E-state index in [1.165, 1.54) is 0 Å². The third kappa shape index (κ3) is 7.60. The fourth-order valence-electron chi connectivity index (χ4n) is 1.57. The summed E-state index contributed by atoms with van der Waals surface area (Å²) in [6, 6.07) is 8.32. The summed E-state index contributed by atoms with van der Waals surface area (Å²) in [5, 5.41) is 8.46. The number of carbonyl (C=O) groups is 2. The van der Waals surface area contributed by atoms with Gasteiger partial charge in [-0.15, -0.1) is 11.8 Å². The second kappa shape index (κ2) is 7.92. The predicted molar refractivity (Wildman–Crippen MR) is 72.9 cm³/mol. The number of carboxylic acid groups (broad SMARTS) is 1. The zero-order valence-electron chi connectivity index (χ0n) is 11.0.